The minimum atomic E-state index is -4.36. The van der Waals surface area contributed by atoms with E-state index in [1.807, 2.05) is 0 Å². The molecular weight excluding hydrogens is 378 g/mol. The maximum atomic E-state index is 13.0. The van der Waals surface area contributed by atoms with E-state index in [2.05, 4.69) is 4.99 Å². The van der Waals surface area contributed by atoms with Gasteiger partial charge < -0.3 is 4.90 Å². The Morgan fingerprint density at radius 3 is 2.35 bits per heavy atom. The third kappa shape index (κ3) is 5.31. The Kier molecular flexibility index (Phi) is 6.20. The van der Waals surface area contributed by atoms with E-state index in [0.29, 0.717) is 46.6 Å². The zero-order valence-electron chi connectivity index (χ0n) is 14.6. The van der Waals surface area contributed by atoms with Gasteiger partial charge in [0.05, 0.1) is 11.4 Å². The summed E-state index contributed by atoms with van der Waals surface area (Å²) < 4.78 is 76.5. The van der Waals surface area contributed by atoms with E-state index in [1.54, 1.807) is 19.9 Å². The summed E-state index contributed by atoms with van der Waals surface area (Å²) >= 11 is 0.658. The number of aryl methyl sites for hydroxylation is 2. The molecule has 1 atom stereocenters. The molecule has 0 spiro atoms. The Bertz CT molecular complexity index is 681. The molecule has 0 radical (unpaired) electrons. The van der Waals surface area contributed by atoms with E-state index in [0.717, 1.165) is 12.5 Å². The lowest BCUT2D eigenvalue weighted by molar-refractivity contribution is -0.167. The summed E-state index contributed by atoms with van der Waals surface area (Å²) in [4.78, 5) is 6.02. The summed E-state index contributed by atoms with van der Waals surface area (Å²) in [6.07, 6.45) is -7.67. The molecule has 1 heterocycles. The van der Waals surface area contributed by atoms with E-state index >= 15 is 0 Å². The second-order valence-electron chi connectivity index (χ2n) is 6.35. The molecule has 0 saturated carbocycles. The van der Waals surface area contributed by atoms with Crippen molar-refractivity contribution >= 4 is 23.3 Å². The van der Waals surface area contributed by atoms with Crippen LogP contribution in [-0.2, 0) is 0 Å². The minimum absolute atomic E-state index is 0.264. The lowest BCUT2D eigenvalue weighted by atomic mass is 10.1. The molecule has 0 bridgehead atoms. The fourth-order valence-corrected chi connectivity index (χ4v) is 3.59. The van der Waals surface area contributed by atoms with Crippen LogP contribution in [0.3, 0.4) is 0 Å². The first-order valence-electron chi connectivity index (χ1n) is 8.10. The van der Waals surface area contributed by atoms with Gasteiger partial charge in [0.25, 0.3) is 0 Å². The number of likely N-dealkylation sites (tertiary alicyclic amines) is 1. The van der Waals surface area contributed by atoms with Gasteiger partial charge in [-0.2, -0.15) is 26.3 Å². The highest BCUT2D eigenvalue weighted by molar-refractivity contribution is 7.99. The van der Waals surface area contributed by atoms with Gasteiger partial charge in [0, 0.05) is 17.9 Å². The molecule has 0 amide bonds. The monoisotopic (exact) mass is 398 g/mol. The minimum Gasteiger partial charge on any atom is -0.348 e. The van der Waals surface area contributed by atoms with E-state index in [9.17, 15) is 26.3 Å². The van der Waals surface area contributed by atoms with E-state index in [1.165, 1.54) is 11.0 Å². The van der Waals surface area contributed by atoms with Gasteiger partial charge in [-0.25, -0.2) is 4.99 Å². The number of rotatable bonds is 4. The van der Waals surface area contributed by atoms with Crippen molar-refractivity contribution in [1.29, 1.82) is 0 Å². The van der Waals surface area contributed by atoms with Crippen LogP contribution in [0.5, 0.6) is 0 Å². The van der Waals surface area contributed by atoms with Crippen LogP contribution in [0.1, 0.15) is 30.9 Å². The predicted molar refractivity (Wildman–Crippen MR) is 91.2 cm³/mol. The first kappa shape index (κ1) is 20.9. The molecule has 1 fully saturated rings. The molecule has 1 aliphatic heterocycles. The van der Waals surface area contributed by atoms with Crippen LogP contribution in [0.4, 0.5) is 32.0 Å². The highest BCUT2D eigenvalue weighted by atomic mass is 32.2. The summed E-state index contributed by atoms with van der Waals surface area (Å²) in [6.45, 7) is 4.81. The van der Waals surface area contributed by atoms with Crippen LogP contribution in [0.2, 0.25) is 0 Å². The van der Waals surface area contributed by atoms with Crippen molar-refractivity contribution in [1.82, 2.24) is 4.90 Å². The third-order valence-corrected chi connectivity index (χ3v) is 5.43. The van der Waals surface area contributed by atoms with Gasteiger partial charge in [-0.15, -0.1) is 11.8 Å². The molecule has 26 heavy (non-hydrogen) atoms. The van der Waals surface area contributed by atoms with Crippen LogP contribution in [0, 0.1) is 13.8 Å². The van der Waals surface area contributed by atoms with Crippen LogP contribution in [-0.4, -0.2) is 41.4 Å². The first-order valence-corrected chi connectivity index (χ1v) is 9.09. The van der Waals surface area contributed by atoms with Crippen molar-refractivity contribution in [3.8, 4) is 0 Å². The SMILES string of the molecule is Cc1cc(C)c(SCC(F)(F)F)cc1/N=C1\CCCN1C(C)C(F)(F)F. The van der Waals surface area contributed by atoms with Crippen LogP contribution in [0.25, 0.3) is 0 Å². The van der Waals surface area contributed by atoms with Crippen LogP contribution in [0.15, 0.2) is 22.0 Å². The standard InChI is InChI=1S/C17H20F6N2S/c1-10-7-11(2)14(26-9-16(18,19)20)8-13(10)24-15-5-4-6-25(15)12(3)17(21,22)23/h7-8,12H,4-6,9H2,1-3H3/b24-15+. The molecule has 1 saturated heterocycles. The summed E-state index contributed by atoms with van der Waals surface area (Å²) in [6, 6.07) is 1.60. The second kappa shape index (κ2) is 7.70. The maximum absolute atomic E-state index is 13.0. The molecule has 1 aliphatic rings. The Labute approximate surface area is 152 Å². The Morgan fingerprint density at radius 2 is 1.77 bits per heavy atom. The Balaban J connectivity index is 2.31. The van der Waals surface area contributed by atoms with Gasteiger partial charge in [0.2, 0.25) is 0 Å². The molecule has 146 valence electrons. The van der Waals surface area contributed by atoms with Crippen molar-refractivity contribution in [3.63, 3.8) is 0 Å². The average Bonchev–Trinajstić information content (AvgIpc) is 2.94. The third-order valence-electron chi connectivity index (χ3n) is 4.21. The zero-order valence-corrected chi connectivity index (χ0v) is 15.4. The predicted octanol–water partition coefficient (Wildman–Crippen LogP) is 6.03. The smallest absolute Gasteiger partial charge is 0.348 e. The summed E-state index contributed by atoms with van der Waals surface area (Å²) in [5, 5.41) is 0. The number of alkyl halides is 6. The van der Waals surface area contributed by atoms with Crippen molar-refractivity contribution in [3.05, 3.63) is 23.3 Å². The molecule has 2 nitrogen and oxygen atoms in total. The molecule has 9 heteroatoms. The number of benzene rings is 1. The summed E-state index contributed by atoms with van der Waals surface area (Å²) in [7, 11) is 0. The average molecular weight is 398 g/mol. The topological polar surface area (TPSA) is 15.6 Å². The normalized spacial score (nSPS) is 18.7. The van der Waals surface area contributed by atoms with Gasteiger partial charge in [-0.05, 0) is 44.4 Å². The van der Waals surface area contributed by atoms with Gasteiger partial charge in [0.1, 0.15) is 11.9 Å². The number of hydrogen-bond acceptors (Lipinski definition) is 2. The fraction of sp³-hybridized carbons (Fsp3) is 0.588. The summed E-state index contributed by atoms with van der Waals surface area (Å²) in [5.41, 5.74) is 1.82. The summed E-state index contributed by atoms with van der Waals surface area (Å²) in [5.74, 6) is -0.696. The number of aliphatic imine (C=N–C) groups is 1. The Hall–Kier alpha value is -1.38. The van der Waals surface area contributed by atoms with Crippen LogP contribution >= 0.6 is 11.8 Å². The molecule has 0 aromatic heterocycles. The largest absolute Gasteiger partial charge is 0.408 e. The zero-order chi connectivity index (χ0) is 19.7. The maximum Gasteiger partial charge on any atom is 0.408 e. The van der Waals surface area contributed by atoms with Gasteiger partial charge >= 0.3 is 12.4 Å². The molecular formula is C17H20F6N2S. The Morgan fingerprint density at radius 1 is 1.12 bits per heavy atom. The number of nitrogens with zero attached hydrogens (tertiary/aromatic N) is 2. The van der Waals surface area contributed by atoms with Crippen molar-refractivity contribution in [2.75, 3.05) is 12.3 Å². The van der Waals surface area contributed by atoms with Crippen molar-refractivity contribution < 1.29 is 26.3 Å². The molecule has 2 rings (SSSR count). The fourth-order valence-electron chi connectivity index (χ4n) is 2.79. The number of amidine groups is 1. The van der Waals surface area contributed by atoms with Crippen LogP contribution < -0.4 is 0 Å². The molecule has 1 aromatic carbocycles. The number of thioether (sulfide) groups is 1. The second-order valence-corrected chi connectivity index (χ2v) is 7.37. The quantitative estimate of drug-likeness (QED) is 0.454. The molecule has 1 aromatic rings. The van der Waals surface area contributed by atoms with E-state index in [4.69, 9.17) is 0 Å². The highest BCUT2D eigenvalue weighted by Gasteiger charge is 2.42. The van der Waals surface area contributed by atoms with Crippen molar-refractivity contribution in [2.45, 2.75) is 56.9 Å². The van der Waals surface area contributed by atoms with Gasteiger partial charge in [-0.3, -0.25) is 0 Å². The van der Waals surface area contributed by atoms with E-state index < -0.39 is 24.1 Å². The number of hydrogen-bond donors (Lipinski definition) is 0. The van der Waals surface area contributed by atoms with E-state index in [-0.39, 0.29) is 6.54 Å². The van der Waals surface area contributed by atoms with Gasteiger partial charge in [-0.1, -0.05) is 6.07 Å². The lowest BCUT2D eigenvalue weighted by Crippen LogP contribution is -2.44. The molecule has 0 aliphatic carbocycles. The molecule has 0 N–H and O–H groups in total. The number of halogens is 6. The lowest BCUT2D eigenvalue weighted by Gasteiger charge is -2.28. The first-order chi connectivity index (χ1) is 11.9. The highest BCUT2D eigenvalue weighted by Crippen LogP contribution is 2.35. The van der Waals surface area contributed by atoms with Crippen molar-refractivity contribution in [2.24, 2.45) is 4.99 Å². The molecule has 1 unspecified atom stereocenters. The van der Waals surface area contributed by atoms with Gasteiger partial charge in [0.15, 0.2) is 0 Å².